The second-order valence-electron chi connectivity index (χ2n) is 6.09. The van der Waals surface area contributed by atoms with Gasteiger partial charge < -0.3 is 19.7 Å². The molecule has 0 spiro atoms. The average molecular weight is 339 g/mol. The number of nitrogens with zero attached hydrogens (tertiary/aromatic N) is 3. The molecule has 0 aliphatic carbocycles. The van der Waals surface area contributed by atoms with Crippen molar-refractivity contribution in [3.8, 4) is 0 Å². The lowest BCUT2D eigenvalue weighted by Gasteiger charge is -2.12. The second-order valence-corrected chi connectivity index (χ2v) is 6.09. The third-order valence-corrected chi connectivity index (χ3v) is 3.51. The van der Waals surface area contributed by atoms with Crippen LogP contribution in [-0.2, 0) is 18.3 Å². The van der Waals surface area contributed by atoms with Gasteiger partial charge in [-0.05, 0) is 27.2 Å². The number of fused-ring (bicyclic) bond motifs is 1. The van der Waals surface area contributed by atoms with Gasteiger partial charge in [0.25, 0.3) is 5.56 Å². The Bertz CT molecular complexity index is 803. The molecule has 2 aromatic heterocycles. The van der Waals surface area contributed by atoms with E-state index in [4.69, 9.17) is 4.74 Å². The zero-order valence-electron chi connectivity index (χ0n) is 14.5. The maximum atomic E-state index is 12.2. The van der Waals surface area contributed by atoms with Crippen LogP contribution >= 0.6 is 0 Å². The molecule has 0 radical (unpaired) electrons. The highest BCUT2D eigenvalue weighted by Crippen LogP contribution is 2.16. The molecule has 0 saturated carbocycles. The largest absolute Gasteiger partial charge is 0.392 e. The number of aryl methyl sites for hydroxylation is 1. The first kappa shape index (κ1) is 18.2. The third-order valence-electron chi connectivity index (χ3n) is 3.51. The number of aromatic nitrogens is 4. The van der Waals surface area contributed by atoms with E-state index in [0.717, 1.165) is 6.42 Å². The predicted octanol–water partition coefficient (Wildman–Crippen LogP) is 0.0311. The summed E-state index contributed by atoms with van der Waals surface area (Å²) in [5, 5.41) is 12.9. The van der Waals surface area contributed by atoms with Crippen molar-refractivity contribution < 1.29 is 9.84 Å². The van der Waals surface area contributed by atoms with Crippen LogP contribution in [0.1, 0.15) is 27.2 Å². The Morgan fingerprint density at radius 3 is 2.67 bits per heavy atom. The van der Waals surface area contributed by atoms with Gasteiger partial charge in [0.2, 0.25) is 5.95 Å². The van der Waals surface area contributed by atoms with Gasteiger partial charge in [0.15, 0.2) is 11.2 Å². The highest BCUT2D eigenvalue weighted by Gasteiger charge is 2.18. The fourth-order valence-electron chi connectivity index (χ4n) is 2.40. The molecule has 1 atom stereocenters. The van der Waals surface area contributed by atoms with Crippen LogP contribution in [0.5, 0.6) is 0 Å². The van der Waals surface area contributed by atoms with Gasteiger partial charge in [-0.15, -0.1) is 0 Å². The highest BCUT2D eigenvalue weighted by molar-refractivity contribution is 5.74. The number of hydrogen-bond acceptors (Lipinski definition) is 6. The van der Waals surface area contributed by atoms with Gasteiger partial charge >= 0.3 is 5.69 Å². The number of aliphatic hydroxyl groups excluding tert-OH is 1. The topological polar surface area (TPSA) is 114 Å². The highest BCUT2D eigenvalue weighted by atomic mass is 16.5. The van der Waals surface area contributed by atoms with E-state index < -0.39 is 17.4 Å². The number of nitrogens with one attached hydrogen (secondary N) is 2. The van der Waals surface area contributed by atoms with Crippen LogP contribution in [0.3, 0.4) is 0 Å². The SMILES string of the molecule is CC(O)Cn1c(NCCCOC(C)C)nc2c1c(=O)[nH]c(=O)n2C. The summed E-state index contributed by atoms with van der Waals surface area (Å²) in [4.78, 5) is 30.5. The number of imidazole rings is 1. The number of ether oxygens (including phenoxy) is 1. The first-order valence-electron chi connectivity index (χ1n) is 8.04. The van der Waals surface area contributed by atoms with Crippen molar-refractivity contribution in [1.82, 2.24) is 19.1 Å². The lowest BCUT2D eigenvalue weighted by atomic mass is 10.4. The molecule has 2 aromatic rings. The molecule has 0 bridgehead atoms. The van der Waals surface area contributed by atoms with Crippen molar-refractivity contribution in [3.63, 3.8) is 0 Å². The van der Waals surface area contributed by atoms with Crippen molar-refractivity contribution in [2.24, 2.45) is 7.05 Å². The van der Waals surface area contributed by atoms with E-state index >= 15 is 0 Å². The van der Waals surface area contributed by atoms with Crippen LogP contribution in [0, 0.1) is 0 Å². The minimum Gasteiger partial charge on any atom is -0.392 e. The predicted molar refractivity (Wildman–Crippen MR) is 91.5 cm³/mol. The molecular weight excluding hydrogens is 314 g/mol. The molecular formula is C15H25N5O4. The van der Waals surface area contributed by atoms with E-state index in [0.29, 0.717) is 19.1 Å². The number of anilines is 1. The van der Waals surface area contributed by atoms with Crippen LogP contribution in [-0.4, -0.2) is 49.6 Å². The van der Waals surface area contributed by atoms with Gasteiger partial charge in [-0.2, -0.15) is 4.98 Å². The first-order chi connectivity index (χ1) is 11.3. The fraction of sp³-hybridized carbons (Fsp3) is 0.667. The van der Waals surface area contributed by atoms with E-state index in [1.165, 1.54) is 4.57 Å². The molecule has 0 fully saturated rings. The number of rotatable bonds is 8. The quantitative estimate of drug-likeness (QED) is 0.585. The molecule has 2 heterocycles. The summed E-state index contributed by atoms with van der Waals surface area (Å²) in [5.41, 5.74) is -0.493. The second kappa shape index (κ2) is 7.63. The van der Waals surface area contributed by atoms with E-state index in [1.54, 1.807) is 18.5 Å². The zero-order valence-corrected chi connectivity index (χ0v) is 14.5. The Morgan fingerprint density at radius 2 is 2.04 bits per heavy atom. The Hall–Kier alpha value is -2.13. The Labute approximate surface area is 139 Å². The number of aliphatic hydroxyl groups is 1. The normalized spacial score (nSPS) is 12.9. The summed E-state index contributed by atoms with van der Waals surface area (Å²) in [5.74, 6) is 0.446. The summed E-state index contributed by atoms with van der Waals surface area (Å²) in [6.07, 6.45) is 0.285. The van der Waals surface area contributed by atoms with Crippen LogP contribution in [0.4, 0.5) is 5.95 Å². The van der Waals surface area contributed by atoms with Gasteiger partial charge in [-0.25, -0.2) is 4.79 Å². The molecule has 9 heteroatoms. The molecule has 0 amide bonds. The minimum atomic E-state index is -0.663. The molecule has 134 valence electrons. The molecule has 2 rings (SSSR count). The smallest absolute Gasteiger partial charge is 0.329 e. The number of H-pyrrole nitrogens is 1. The Balaban J connectivity index is 2.31. The molecule has 0 aromatic carbocycles. The maximum absolute atomic E-state index is 12.2. The summed E-state index contributed by atoms with van der Waals surface area (Å²) in [7, 11) is 1.54. The van der Waals surface area contributed by atoms with Crippen LogP contribution in [0.25, 0.3) is 11.2 Å². The Kier molecular flexibility index (Phi) is 5.79. The van der Waals surface area contributed by atoms with Gasteiger partial charge in [0, 0.05) is 20.2 Å². The van der Waals surface area contributed by atoms with Crippen LogP contribution < -0.4 is 16.6 Å². The molecule has 9 nitrogen and oxygen atoms in total. The van der Waals surface area contributed by atoms with E-state index in [9.17, 15) is 14.7 Å². The van der Waals surface area contributed by atoms with Gasteiger partial charge in [-0.3, -0.25) is 14.3 Å². The van der Waals surface area contributed by atoms with Crippen molar-refractivity contribution in [2.75, 3.05) is 18.5 Å². The lowest BCUT2D eigenvalue weighted by molar-refractivity contribution is 0.0787. The van der Waals surface area contributed by atoms with Gasteiger partial charge in [-0.1, -0.05) is 0 Å². The average Bonchev–Trinajstić information content (AvgIpc) is 2.83. The molecule has 0 aliphatic rings. The summed E-state index contributed by atoms with van der Waals surface area (Å²) in [6.45, 7) is 6.98. The monoisotopic (exact) mass is 339 g/mol. The summed E-state index contributed by atoms with van der Waals surface area (Å²) >= 11 is 0. The van der Waals surface area contributed by atoms with E-state index in [2.05, 4.69) is 15.3 Å². The minimum absolute atomic E-state index is 0.179. The van der Waals surface area contributed by atoms with Crippen molar-refractivity contribution in [3.05, 3.63) is 20.8 Å². The maximum Gasteiger partial charge on any atom is 0.329 e. The van der Waals surface area contributed by atoms with Crippen LogP contribution in [0.15, 0.2) is 9.59 Å². The molecule has 24 heavy (non-hydrogen) atoms. The summed E-state index contributed by atoms with van der Waals surface area (Å²) in [6, 6.07) is 0. The first-order valence-corrected chi connectivity index (χ1v) is 8.04. The van der Waals surface area contributed by atoms with Crippen molar-refractivity contribution >= 4 is 17.1 Å². The number of hydrogen-bond donors (Lipinski definition) is 3. The fourth-order valence-corrected chi connectivity index (χ4v) is 2.40. The van der Waals surface area contributed by atoms with Crippen molar-refractivity contribution in [2.45, 2.75) is 45.9 Å². The molecule has 1 unspecified atom stereocenters. The standard InChI is InChI=1S/C15H25N5O4/c1-9(2)24-7-5-6-16-14-17-12-11(20(14)8-10(3)21)13(22)18-15(23)19(12)4/h9-10,21H,5-8H2,1-4H3,(H,16,17)(H,18,22,23). The molecule has 3 N–H and O–H groups in total. The van der Waals surface area contributed by atoms with E-state index in [1.807, 2.05) is 13.8 Å². The molecule has 0 aliphatic heterocycles. The number of aromatic amines is 1. The zero-order chi connectivity index (χ0) is 17.9. The summed E-state index contributed by atoms with van der Waals surface area (Å²) < 4.78 is 8.36. The lowest BCUT2D eigenvalue weighted by Crippen LogP contribution is -2.29. The third kappa shape index (κ3) is 4.04. The van der Waals surface area contributed by atoms with E-state index in [-0.39, 0.29) is 23.8 Å². The van der Waals surface area contributed by atoms with Crippen molar-refractivity contribution in [1.29, 1.82) is 0 Å². The Morgan fingerprint density at radius 1 is 1.33 bits per heavy atom. The van der Waals surface area contributed by atoms with Gasteiger partial charge in [0.05, 0.1) is 18.8 Å². The van der Waals surface area contributed by atoms with Crippen LogP contribution in [0.2, 0.25) is 0 Å². The van der Waals surface area contributed by atoms with Gasteiger partial charge in [0.1, 0.15) is 0 Å². The molecule has 0 saturated heterocycles.